The maximum atomic E-state index is 13.2. The first-order valence-electron chi connectivity index (χ1n) is 13.7. The molecule has 8 nitrogen and oxygen atoms in total. The average molecular weight is 619 g/mol. The number of aromatic nitrogens is 3. The molecule has 0 spiro atoms. The summed E-state index contributed by atoms with van der Waals surface area (Å²) in [5.41, 5.74) is 3.07. The summed E-state index contributed by atoms with van der Waals surface area (Å²) in [6.45, 7) is 1.64. The van der Waals surface area contributed by atoms with Crippen LogP contribution in [0.5, 0.6) is 5.75 Å². The van der Waals surface area contributed by atoms with Gasteiger partial charge in [0.1, 0.15) is 17.3 Å². The first-order chi connectivity index (χ1) is 21.2. The summed E-state index contributed by atoms with van der Waals surface area (Å²) in [4.78, 5) is 21.0. The zero-order valence-corrected chi connectivity index (χ0v) is 23.9. The molecule has 3 aromatic carbocycles. The number of piperazine rings is 1. The van der Waals surface area contributed by atoms with Gasteiger partial charge in [-0.2, -0.15) is 18.3 Å². The second-order valence-corrected chi connectivity index (χ2v) is 10.6. The molecule has 44 heavy (non-hydrogen) atoms. The minimum atomic E-state index is -4.63. The van der Waals surface area contributed by atoms with Crippen LogP contribution in [0.1, 0.15) is 5.56 Å². The number of aromatic hydroxyl groups is 1. The molecule has 1 fully saturated rings. The number of phenolic OH excluding ortho intramolecular Hbond substituents is 1. The first-order valence-corrected chi connectivity index (χ1v) is 14.1. The van der Waals surface area contributed by atoms with Crippen LogP contribution in [0.4, 0.5) is 29.5 Å². The lowest BCUT2D eigenvalue weighted by molar-refractivity contribution is -0.137. The van der Waals surface area contributed by atoms with Crippen LogP contribution in [0.25, 0.3) is 28.1 Å². The van der Waals surface area contributed by atoms with Crippen LogP contribution in [-0.4, -0.2) is 57.0 Å². The Bertz CT molecular complexity index is 1800. The molecular formula is C32H26ClF3N6O2. The highest BCUT2D eigenvalue weighted by Crippen LogP contribution is 2.37. The number of benzene rings is 3. The second-order valence-electron chi connectivity index (χ2n) is 10.2. The number of hydrogen-bond acceptors (Lipinski definition) is 5. The fourth-order valence-corrected chi connectivity index (χ4v) is 5.31. The van der Waals surface area contributed by atoms with Gasteiger partial charge in [0.2, 0.25) is 0 Å². The topological polar surface area (TPSA) is 86.5 Å². The van der Waals surface area contributed by atoms with Crippen molar-refractivity contribution < 1.29 is 23.1 Å². The van der Waals surface area contributed by atoms with E-state index in [1.54, 1.807) is 34.0 Å². The van der Waals surface area contributed by atoms with E-state index >= 15 is 0 Å². The van der Waals surface area contributed by atoms with Crippen LogP contribution in [0, 0.1) is 0 Å². The Balaban J connectivity index is 1.20. The number of hydrogen-bond donors (Lipinski definition) is 2. The van der Waals surface area contributed by atoms with E-state index in [2.05, 4.69) is 10.3 Å². The molecule has 1 saturated heterocycles. The van der Waals surface area contributed by atoms with Crippen molar-refractivity contribution in [1.29, 1.82) is 0 Å². The number of nitrogens with zero attached hydrogens (tertiary/aromatic N) is 5. The van der Waals surface area contributed by atoms with Gasteiger partial charge in [0.15, 0.2) is 0 Å². The molecule has 2 amide bonds. The van der Waals surface area contributed by atoms with Crippen molar-refractivity contribution >= 4 is 29.1 Å². The molecule has 6 rings (SSSR count). The molecule has 0 saturated carbocycles. The summed E-state index contributed by atoms with van der Waals surface area (Å²) in [6, 6.07) is 23.3. The zero-order valence-electron chi connectivity index (χ0n) is 23.2. The van der Waals surface area contributed by atoms with Crippen molar-refractivity contribution in [1.82, 2.24) is 19.7 Å². The van der Waals surface area contributed by atoms with Crippen LogP contribution in [0.15, 0.2) is 97.3 Å². The van der Waals surface area contributed by atoms with Gasteiger partial charge in [-0.05, 0) is 60.2 Å². The number of para-hydroxylation sites is 1. The number of urea groups is 1. The lowest BCUT2D eigenvalue weighted by Crippen LogP contribution is -2.50. The highest BCUT2D eigenvalue weighted by molar-refractivity contribution is 6.31. The molecule has 0 atom stereocenters. The van der Waals surface area contributed by atoms with E-state index < -0.39 is 22.8 Å². The van der Waals surface area contributed by atoms with Gasteiger partial charge >= 0.3 is 12.2 Å². The molecule has 5 aromatic rings. The largest absolute Gasteiger partial charge is 0.508 e. The smallest absolute Gasteiger partial charge is 0.417 e. The van der Waals surface area contributed by atoms with Crippen LogP contribution in [-0.2, 0) is 6.18 Å². The van der Waals surface area contributed by atoms with Gasteiger partial charge in [0, 0.05) is 55.4 Å². The maximum Gasteiger partial charge on any atom is 0.417 e. The minimum Gasteiger partial charge on any atom is -0.508 e. The molecule has 12 heteroatoms. The Labute approximate surface area is 255 Å². The number of carbonyl (C=O) groups is 1. The molecule has 1 aliphatic rings. The van der Waals surface area contributed by atoms with E-state index in [0.717, 1.165) is 34.5 Å². The van der Waals surface area contributed by atoms with Gasteiger partial charge in [0.05, 0.1) is 16.3 Å². The standard InChI is InChI=1S/C32H26ClF3N6O2/c33-28-10-9-23(19-27(28)32(34,35)36)38-31(44)41-15-13-40(14-16-41)29-18-21(11-12-37-29)26-20-42(24-6-2-1-3-7-24)39-30(26)22-5-4-8-25(43)17-22/h1-12,17-20,43H,13-16H2,(H,38,44). The Morgan fingerprint density at radius 1 is 0.886 bits per heavy atom. The lowest BCUT2D eigenvalue weighted by Gasteiger charge is -2.35. The number of halogens is 4. The van der Waals surface area contributed by atoms with E-state index in [4.69, 9.17) is 16.7 Å². The van der Waals surface area contributed by atoms with Gasteiger partial charge in [-0.1, -0.05) is 41.9 Å². The van der Waals surface area contributed by atoms with E-state index in [1.807, 2.05) is 59.6 Å². The SMILES string of the molecule is O=C(Nc1ccc(Cl)c(C(F)(F)F)c1)N1CCN(c2cc(-c3cn(-c4ccccc4)nc3-c3cccc(O)c3)ccn2)CC1. The van der Waals surface area contributed by atoms with Crippen molar-refractivity contribution in [3.05, 3.63) is 108 Å². The van der Waals surface area contributed by atoms with Crippen molar-refractivity contribution in [2.45, 2.75) is 6.18 Å². The molecular weight excluding hydrogens is 593 g/mol. The first kappa shape index (κ1) is 29.1. The molecule has 224 valence electrons. The van der Waals surface area contributed by atoms with E-state index in [9.17, 15) is 23.1 Å². The quantitative estimate of drug-likeness (QED) is 0.215. The van der Waals surface area contributed by atoms with Gasteiger partial charge < -0.3 is 20.2 Å². The fourth-order valence-electron chi connectivity index (χ4n) is 5.08. The Kier molecular flexibility index (Phi) is 7.88. The Hall–Kier alpha value is -5.03. The van der Waals surface area contributed by atoms with E-state index in [1.165, 1.54) is 6.07 Å². The molecule has 2 N–H and O–H groups in total. The zero-order chi connectivity index (χ0) is 30.8. The number of anilines is 2. The summed E-state index contributed by atoms with van der Waals surface area (Å²) in [5.74, 6) is 0.848. The second kappa shape index (κ2) is 11.9. The third kappa shape index (κ3) is 6.18. The number of alkyl halides is 3. The summed E-state index contributed by atoms with van der Waals surface area (Å²) >= 11 is 5.70. The third-order valence-corrected chi connectivity index (χ3v) is 7.65. The number of amides is 2. The van der Waals surface area contributed by atoms with Crippen LogP contribution >= 0.6 is 11.6 Å². The minimum absolute atomic E-state index is 0.0158. The normalized spacial score (nSPS) is 13.6. The van der Waals surface area contributed by atoms with Crippen molar-refractivity contribution in [2.75, 3.05) is 36.4 Å². The summed E-state index contributed by atoms with van der Waals surface area (Å²) in [5, 5.41) is 17.1. The molecule has 0 aliphatic carbocycles. The highest BCUT2D eigenvalue weighted by Gasteiger charge is 2.33. The molecule has 3 heterocycles. The van der Waals surface area contributed by atoms with Crippen LogP contribution in [0.3, 0.4) is 0 Å². The monoisotopic (exact) mass is 618 g/mol. The van der Waals surface area contributed by atoms with Gasteiger partial charge in [0.25, 0.3) is 0 Å². The van der Waals surface area contributed by atoms with Gasteiger partial charge in [-0.15, -0.1) is 0 Å². The van der Waals surface area contributed by atoms with Crippen molar-refractivity contribution in [2.24, 2.45) is 0 Å². The number of pyridine rings is 1. The number of nitrogens with one attached hydrogen (secondary N) is 1. The molecule has 1 aliphatic heterocycles. The van der Waals surface area contributed by atoms with E-state index in [0.29, 0.717) is 37.7 Å². The van der Waals surface area contributed by atoms with Gasteiger partial charge in [-0.25, -0.2) is 14.5 Å². The Morgan fingerprint density at radius 3 is 2.39 bits per heavy atom. The number of rotatable bonds is 5. The number of carbonyl (C=O) groups excluding carboxylic acids is 1. The van der Waals surface area contributed by atoms with E-state index in [-0.39, 0.29) is 11.4 Å². The number of phenols is 1. The van der Waals surface area contributed by atoms with Crippen molar-refractivity contribution in [3.8, 4) is 33.8 Å². The maximum absolute atomic E-state index is 13.2. The summed E-state index contributed by atoms with van der Waals surface area (Å²) in [6.07, 6.45) is -0.972. The predicted octanol–water partition coefficient (Wildman–Crippen LogP) is 7.33. The van der Waals surface area contributed by atoms with Gasteiger partial charge in [-0.3, -0.25) is 0 Å². The summed E-state index contributed by atoms with van der Waals surface area (Å²) in [7, 11) is 0. The van der Waals surface area contributed by atoms with Crippen LogP contribution < -0.4 is 10.2 Å². The molecule has 0 radical (unpaired) electrons. The molecule has 2 aromatic heterocycles. The van der Waals surface area contributed by atoms with Crippen LogP contribution in [0.2, 0.25) is 5.02 Å². The fraction of sp³-hybridized carbons (Fsp3) is 0.156. The molecule has 0 unspecified atom stereocenters. The Morgan fingerprint density at radius 2 is 1.66 bits per heavy atom. The molecule has 0 bridgehead atoms. The lowest BCUT2D eigenvalue weighted by atomic mass is 10.0. The highest BCUT2D eigenvalue weighted by atomic mass is 35.5. The average Bonchev–Trinajstić information content (AvgIpc) is 3.48. The predicted molar refractivity (Wildman–Crippen MR) is 163 cm³/mol. The third-order valence-electron chi connectivity index (χ3n) is 7.32. The van der Waals surface area contributed by atoms with Crippen molar-refractivity contribution in [3.63, 3.8) is 0 Å². The summed E-state index contributed by atoms with van der Waals surface area (Å²) < 4.78 is 41.5.